The third kappa shape index (κ3) is 4.13. The first-order chi connectivity index (χ1) is 13.9. The van der Waals surface area contributed by atoms with E-state index in [9.17, 15) is 9.59 Å². The van der Waals surface area contributed by atoms with Crippen molar-refractivity contribution in [1.82, 2.24) is 19.9 Å². The van der Waals surface area contributed by atoms with Crippen molar-refractivity contribution in [2.45, 2.75) is 71.1 Å². The third-order valence-electron chi connectivity index (χ3n) is 6.64. The number of likely N-dealkylation sites (tertiary alicyclic amines) is 1. The van der Waals surface area contributed by atoms with E-state index in [2.05, 4.69) is 10.1 Å². The molecular weight excluding hydrogens is 372 g/mol. The molecule has 2 atom stereocenters. The summed E-state index contributed by atoms with van der Waals surface area (Å²) in [6.07, 6.45) is 5.17. The Kier molecular flexibility index (Phi) is 5.81. The van der Waals surface area contributed by atoms with E-state index in [1.165, 1.54) is 26.2 Å². The van der Waals surface area contributed by atoms with E-state index in [0.29, 0.717) is 36.2 Å². The summed E-state index contributed by atoms with van der Waals surface area (Å²) in [6, 6.07) is 0.256. The van der Waals surface area contributed by atoms with Gasteiger partial charge in [0.1, 0.15) is 17.8 Å². The highest BCUT2D eigenvalue weighted by atomic mass is 16.5. The zero-order valence-corrected chi connectivity index (χ0v) is 17.7. The number of aryl methyl sites for hydroxylation is 2. The van der Waals surface area contributed by atoms with Crippen LogP contribution in [0.15, 0.2) is 4.52 Å². The van der Waals surface area contributed by atoms with Crippen LogP contribution in [0, 0.1) is 13.8 Å². The van der Waals surface area contributed by atoms with Gasteiger partial charge in [-0.15, -0.1) is 0 Å². The fraction of sp³-hybridized carbons (Fsp3) is 0.762. The average molecular weight is 405 g/mol. The molecule has 8 heteroatoms. The number of hydrogen-bond acceptors (Lipinski definition) is 6. The van der Waals surface area contributed by atoms with Crippen LogP contribution in [0.3, 0.4) is 0 Å². The molecule has 0 spiro atoms. The fourth-order valence-corrected chi connectivity index (χ4v) is 4.76. The summed E-state index contributed by atoms with van der Waals surface area (Å²) in [5, 5.41) is 3.92. The molecule has 1 aliphatic carbocycles. The van der Waals surface area contributed by atoms with Crippen LogP contribution in [0.4, 0.5) is 0 Å². The van der Waals surface area contributed by atoms with Crippen molar-refractivity contribution >= 4 is 11.8 Å². The second-order valence-corrected chi connectivity index (χ2v) is 8.62. The molecule has 0 N–H and O–H groups in total. The van der Waals surface area contributed by atoms with E-state index < -0.39 is 6.04 Å². The van der Waals surface area contributed by atoms with E-state index in [4.69, 9.17) is 9.26 Å². The van der Waals surface area contributed by atoms with Gasteiger partial charge in [-0.05, 0) is 26.2 Å². The van der Waals surface area contributed by atoms with Gasteiger partial charge >= 0.3 is 0 Å². The summed E-state index contributed by atoms with van der Waals surface area (Å²) in [5.41, 5.74) is 0.690. The summed E-state index contributed by atoms with van der Waals surface area (Å²) >= 11 is 0. The number of ether oxygens (including phenoxy) is 1. The monoisotopic (exact) mass is 404 g/mol. The molecule has 0 unspecified atom stereocenters. The second-order valence-electron chi connectivity index (χ2n) is 8.62. The van der Waals surface area contributed by atoms with Crippen LogP contribution < -0.4 is 4.74 Å². The van der Waals surface area contributed by atoms with Gasteiger partial charge in [-0.3, -0.25) is 14.5 Å². The first-order valence-corrected chi connectivity index (χ1v) is 10.8. The molecule has 0 bridgehead atoms. The maximum absolute atomic E-state index is 13.3. The van der Waals surface area contributed by atoms with Crippen molar-refractivity contribution in [3.8, 4) is 5.75 Å². The van der Waals surface area contributed by atoms with Gasteiger partial charge in [0.15, 0.2) is 11.5 Å². The topological polar surface area (TPSA) is 79.1 Å². The Morgan fingerprint density at radius 1 is 1.10 bits per heavy atom. The van der Waals surface area contributed by atoms with E-state index in [0.717, 1.165) is 32.6 Å². The average Bonchev–Trinajstić information content (AvgIpc) is 3.11. The maximum Gasteiger partial charge on any atom is 0.245 e. The third-order valence-corrected chi connectivity index (χ3v) is 6.64. The lowest BCUT2D eigenvalue weighted by atomic mass is 9.91. The molecule has 160 valence electrons. The van der Waals surface area contributed by atoms with E-state index >= 15 is 0 Å². The van der Waals surface area contributed by atoms with Crippen molar-refractivity contribution in [2.75, 3.05) is 32.7 Å². The van der Waals surface area contributed by atoms with Crippen LogP contribution in [-0.4, -0.2) is 82.6 Å². The molecule has 2 aliphatic heterocycles. The number of nitrogens with zero attached hydrogens (tertiary/aromatic N) is 4. The van der Waals surface area contributed by atoms with Gasteiger partial charge in [0.05, 0.1) is 6.54 Å². The molecule has 2 saturated heterocycles. The minimum atomic E-state index is -0.451. The largest absolute Gasteiger partial charge is 0.483 e. The van der Waals surface area contributed by atoms with Crippen LogP contribution in [0.2, 0.25) is 0 Å². The van der Waals surface area contributed by atoms with E-state index in [-0.39, 0.29) is 17.9 Å². The van der Waals surface area contributed by atoms with Gasteiger partial charge in [0.25, 0.3) is 0 Å². The highest BCUT2D eigenvalue weighted by molar-refractivity contribution is 5.87. The lowest BCUT2D eigenvalue weighted by molar-refractivity contribution is -0.142. The van der Waals surface area contributed by atoms with Crippen molar-refractivity contribution < 1.29 is 18.8 Å². The van der Waals surface area contributed by atoms with Crippen molar-refractivity contribution in [3.63, 3.8) is 0 Å². The van der Waals surface area contributed by atoms with Gasteiger partial charge in [0, 0.05) is 52.5 Å². The molecule has 3 aliphatic rings. The van der Waals surface area contributed by atoms with Crippen LogP contribution in [0.5, 0.6) is 5.75 Å². The first-order valence-electron chi connectivity index (χ1n) is 10.8. The molecule has 1 saturated carbocycles. The quantitative estimate of drug-likeness (QED) is 0.761. The zero-order valence-electron chi connectivity index (χ0n) is 17.7. The van der Waals surface area contributed by atoms with Gasteiger partial charge in [-0.2, -0.15) is 0 Å². The molecule has 4 rings (SSSR count). The summed E-state index contributed by atoms with van der Waals surface area (Å²) < 4.78 is 11.3. The van der Waals surface area contributed by atoms with Crippen LogP contribution >= 0.6 is 0 Å². The Bertz CT molecular complexity index is 740. The van der Waals surface area contributed by atoms with E-state index in [1.807, 2.05) is 11.8 Å². The fourth-order valence-electron chi connectivity index (χ4n) is 4.76. The lowest BCUT2D eigenvalue weighted by Gasteiger charge is -2.36. The predicted octanol–water partition coefficient (Wildman–Crippen LogP) is 1.75. The predicted molar refractivity (Wildman–Crippen MR) is 107 cm³/mol. The highest BCUT2D eigenvalue weighted by Gasteiger charge is 2.42. The molecule has 3 heterocycles. The number of carbonyl (C=O) groups is 2. The molecule has 1 aromatic heterocycles. The number of aromatic nitrogens is 1. The molecule has 3 fully saturated rings. The van der Waals surface area contributed by atoms with E-state index in [1.54, 1.807) is 11.8 Å². The van der Waals surface area contributed by atoms with Crippen molar-refractivity contribution in [2.24, 2.45) is 0 Å². The van der Waals surface area contributed by atoms with Gasteiger partial charge < -0.3 is 19.1 Å². The minimum Gasteiger partial charge on any atom is -0.483 e. The second kappa shape index (κ2) is 8.34. The first kappa shape index (κ1) is 20.2. The Morgan fingerprint density at radius 2 is 1.90 bits per heavy atom. The Labute approximate surface area is 172 Å². The lowest BCUT2D eigenvalue weighted by Crippen LogP contribution is -2.48. The molecule has 2 amide bonds. The summed E-state index contributed by atoms with van der Waals surface area (Å²) in [6.45, 7) is 9.08. The summed E-state index contributed by atoms with van der Waals surface area (Å²) in [5.74, 6) is 1.22. The molecule has 0 aromatic carbocycles. The smallest absolute Gasteiger partial charge is 0.245 e. The maximum atomic E-state index is 13.3. The number of carbonyl (C=O) groups excluding carboxylic acids is 2. The molecular formula is C21H32N4O4. The van der Waals surface area contributed by atoms with Crippen LogP contribution in [0.1, 0.15) is 50.5 Å². The number of rotatable bonds is 4. The van der Waals surface area contributed by atoms with Gasteiger partial charge in [-0.25, -0.2) is 0 Å². The minimum absolute atomic E-state index is 0.0560. The van der Waals surface area contributed by atoms with Crippen LogP contribution in [-0.2, 0) is 9.59 Å². The summed E-state index contributed by atoms with van der Waals surface area (Å²) in [4.78, 5) is 31.7. The standard InChI is InChI=1S/C21H32N4O4/c1-14-20(15(2)29-22-14)28-18-12-19(25(13-18)16(3)26)21(27)24-9-5-8-23(10-11-24)17-6-4-7-17/h17-19H,4-13H2,1-3H3/t18-,19+/m0/s1. The number of amides is 2. The SMILES string of the molecule is CC(=O)N1C[C@@H](Oc2c(C)noc2C)C[C@@H]1C(=O)N1CCCN(C2CCC2)CC1. The molecule has 0 radical (unpaired) electrons. The van der Waals surface area contributed by atoms with Gasteiger partial charge in [0.2, 0.25) is 11.8 Å². The van der Waals surface area contributed by atoms with Crippen LogP contribution in [0.25, 0.3) is 0 Å². The van der Waals surface area contributed by atoms with Crippen molar-refractivity contribution in [3.05, 3.63) is 11.5 Å². The Balaban J connectivity index is 1.41. The molecule has 8 nitrogen and oxygen atoms in total. The number of hydrogen-bond donors (Lipinski definition) is 0. The Morgan fingerprint density at radius 3 is 2.52 bits per heavy atom. The highest BCUT2D eigenvalue weighted by Crippen LogP contribution is 2.29. The Hall–Kier alpha value is -2.09. The molecule has 29 heavy (non-hydrogen) atoms. The summed E-state index contributed by atoms with van der Waals surface area (Å²) in [7, 11) is 0. The zero-order chi connectivity index (χ0) is 20.5. The normalized spacial score (nSPS) is 26.3. The molecule has 1 aromatic rings. The van der Waals surface area contributed by atoms with Gasteiger partial charge in [-0.1, -0.05) is 11.6 Å². The van der Waals surface area contributed by atoms with Crippen molar-refractivity contribution in [1.29, 1.82) is 0 Å².